The zero-order valence-corrected chi connectivity index (χ0v) is 11.4. The number of carbonyl (C=O) groups excluding carboxylic acids is 1. The van der Waals surface area contributed by atoms with Gasteiger partial charge in [-0.2, -0.15) is 0 Å². The summed E-state index contributed by atoms with van der Waals surface area (Å²) in [7, 11) is 1.74. The van der Waals surface area contributed by atoms with E-state index < -0.39 is 0 Å². The van der Waals surface area contributed by atoms with Crippen LogP contribution >= 0.6 is 0 Å². The molecule has 0 aromatic heterocycles. The van der Waals surface area contributed by atoms with Crippen LogP contribution < -0.4 is 5.32 Å². The van der Waals surface area contributed by atoms with E-state index in [1.807, 2.05) is 6.07 Å². The summed E-state index contributed by atoms with van der Waals surface area (Å²) < 4.78 is 13.1. The molecule has 0 saturated heterocycles. The Kier molecular flexibility index (Phi) is 4.77. The molecule has 1 aliphatic rings. The third-order valence-electron chi connectivity index (χ3n) is 3.59. The molecule has 1 saturated carbocycles. The summed E-state index contributed by atoms with van der Waals surface area (Å²) >= 11 is 0. The first kappa shape index (κ1) is 13.8. The summed E-state index contributed by atoms with van der Waals surface area (Å²) in [4.78, 5) is 13.6. The van der Waals surface area contributed by atoms with E-state index in [0.29, 0.717) is 12.6 Å². The highest BCUT2D eigenvalue weighted by Gasteiger charge is 2.17. The van der Waals surface area contributed by atoms with Crippen molar-refractivity contribution in [3.05, 3.63) is 35.6 Å². The van der Waals surface area contributed by atoms with E-state index in [1.54, 1.807) is 18.0 Å². The maximum Gasteiger partial charge on any atom is 0.317 e. The predicted octanol–water partition coefficient (Wildman–Crippen LogP) is 3.30. The summed E-state index contributed by atoms with van der Waals surface area (Å²) in [5, 5.41) is 3.05. The molecule has 1 aromatic carbocycles. The van der Waals surface area contributed by atoms with Crippen LogP contribution in [0.4, 0.5) is 9.18 Å². The van der Waals surface area contributed by atoms with Gasteiger partial charge in [-0.1, -0.05) is 31.4 Å². The van der Waals surface area contributed by atoms with Gasteiger partial charge in [-0.3, -0.25) is 0 Å². The number of nitrogens with zero attached hydrogens (tertiary/aromatic N) is 1. The molecule has 0 bridgehead atoms. The standard InChI is InChI=1S/C15H21FN2O/c1-18(11-12-6-5-7-13(16)10-12)15(19)17-14-8-3-2-4-9-14/h5-7,10,14H,2-4,8-9,11H2,1H3,(H,17,19). The first-order chi connectivity index (χ1) is 9.15. The van der Waals surface area contributed by atoms with Gasteiger partial charge < -0.3 is 10.2 Å². The summed E-state index contributed by atoms with van der Waals surface area (Å²) in [6.07, 6.45) is 5.79. The smallest absolute Gasteiger partial charge is 0.317 e. The van der Waals surface area contributed by atoms with E-state index in [-0.39, 0.29) is 11.8 Å². The number of urea groups is 1. The summed E-state index contributed by atoms with van der Waals surface area (Å²) in [5.41, 5.74) is 0.807. The van der Waals surface area contributed by atoms with Crippen LogP contribution in [0.5, 0.6) is 0 Å². The lowest BCUT2D eigenvalue weighted by Crippen LogP contribution is -2.43. The van der Waals surface area contributed by atoms with Crippen LogP contribution in [-0.2, 0) is 6.54 Å². The van der Waals surface area contributed by atoms with Gasteiger partial charge in [0.15, 0.2) is 0 Å². The zero-order valence-electron chi connectivity index (χ0n) is 11.4. The fraction of sp³-hybridized carbons (Fsp3) is 0.533. The molecule has 0 heterocycles. The quantitative estimate of drug-likeness (QED) is 0.892. The summed E-state index contributed by atoms with van der Waals surface area (Å²) in [6, 6.07) is 6.59. The fourth-order valence-corrected chi connectivity index (χ4v) is 2.51. The Bertz CT molecular complexity index is 430. The molecule has 2 rings (SSSR count). The van der Waals surface area contributed by atoms with Crippen LogP contribution in [0.25, 0.3) is 0 Å². The van der Waals surface area contributed by atoms with Gasteiger partial charge in [0.2, 0.25) is 0 Å². The molecule has 1 N–H and O–H groups in total. The minimum atomic E-state index is -0.265. The van der Waals surface area contributed by atoms with Gasteiger partial charge in [0.25, 0.3) is 0 Å². The van der Waals surface area contributed by atoms with Crippen molar-refractivity contribution in [2.24, 2.45) is 0 Å². The highest BCUT2D eigenvalue weighted by molar-refractivity contribution is 5.74. The van der Waals surface area contributed by atoms with Gasteiger partial charge in [-0.25, -0.2) is 9.18 Å². The molecule has 1 fully saturated rings. The maximum absolute atomic E-state index is 13.1. The lowest BCUT2D eigenvalue weighted by atomic mass is 9.96. The Balaban J connectivity index is 1.84. The van der Waals surface area contributed by atoms with Gasteiger partial charge in [-0.05, 0) is 30.5 Å². The Morgan fingerprint density at radius 2 is 2.11 bits per heavy atom. The van der Waals surface area contributed by atoms with E-state index in [4.69, 9.17) is 0 Å². The van der Waals surface area contributed by atoms with Crippen molar-refractivity contribution in [1.29, 1.82) is 0 Å². The molecule has 2 amide bonds. The van der Waals surface area contributed by atoms with Crippen molar-refractivity contribution in [3.8, 4) is 0 Å². The van der Waals surface area contributed by atoms with Gasteiger partial charge in [0, 0.05) is 19.6 Å². The molecule has 0 aliphatic heterocycles. The second kappa shape index (κ2) is 6.55. The number of amides is 2. The Hall–Kier alpha value is -1.58. The zero-order chi connectivity index (χ0) is 13.7. The fourth-order valence-electron chi connectivity index (χ4n) is 2.51. The van der Waals surface area contributed by atoms with Crippen LogP contribution in [-0.4, -0.2) is 24.0 Å². The van der Waals surface area contributed by atoms with Gasteiger partial charge in [0.05, 0.1) is 0 Å². The highest BCUT2D eigenvalue weighted by Crippen LogP contribution is 2.17. The highest BCUT2D eigenvalue weighted by atomic mass is 19.1. The van der Waals surface area contributed by atoms with Gasteiger partial charge in [0.1, 0.15) is 5.82 Å². The van der Waals surface area contributed by atoms with Gasteiger partial charge >= 0.3 is 6.03 Å². The van der Waals surface area contributed by atoms with Crippen molar-refractivity contribution in [1.82, 2.24) is 10.2 Å². The van der Waals surface area contributed by atoms with E-state index in [0.717, 1.165) is 18.4 Å². The van der Waals surface area contributed by atoms with Crippen molar-refractivity contribution >= 4 is 6.03 Å². The minimum absolute atomic E-state index is 0.0730. The van der Waals surface area contributed by atoms with Crippen LogP contribution in [0.15, 0.2) is 24.3 Å². The molecule has 0 radical (unpaired) electrons. The monoisotopic (exact) mass is 264 g/mol. The molecule has 0 spiro atoms. The second-order valence-corrected chi connectivity index (χ2v) is 5.27. The maximum atomic E-state index is 13.1. The van der Waals surface area contributed by atoms with Crippen LogP contribution in [0.2, 0.25) is 0 Å². The lowest BCUT2D eigenvalue weighted by molar-refractivity contribution is 0.198. The number of halogens is 1. The van der Waals surface area contributed by atoms with Crippen molar-refractivity contribution in [2.45, 2.75) is 44.7 Å². The summed E-state index contributed by atoms with van der Waals surface area (Å²) in [6.45, 7) is 0.427. The van der Waals surface area contributed by atoms with E-state index in [9.17, 15) is 9.18 Å². The third kappa shape index (κ3) is 4.23. The number of hydrogen-bond donors (Lipinski definition) is 1. The topological polar surface area (TPSA) is 32.3 Å². The minimum Gasteiger partial charge on any atom is -0.335 e. The van der Waals surface area contributed by atoms with Crippen LogP contribution in [0.3, 0.4) is 0 Å². The van der Waals surface area contributed by atoms with Crippen LogP contribution in [0.1, 0.15) is 37.7 Å². The molecular weight excluding hydrogens is 243 g/mol. The molecular formula is C15H21FN2O. The predicted molar refractivity (Wildman–Crippen MR) is 73.3 cm³/mol. The van der Waals surface area contributed by atoms with Crippen molar-refractivity contribution in [3.63, 3.8) is 0 Å². The first-order valence-corrected chi connectivity index (χ1v) is 6.91. The second-order valence-electron chi connectivity index (χ2n) is 5.27. The average Bonchev–Trinajstić information content (AvgIpc) is 2.40. The normalized spacial score (nSPS) is 16.1. The Morgan fingerprint density at radius 3 is 2.79 bits per heavy atom. The average molecular weight is 264 g/mol. The van der Waals surface area contributed by atoms with E-state index >= 15 is 0 Å². The SMILES string of the molecule is CN(Cc1cccc(F)c1)C(=O)NC1CCCCC1. The largest absolute Gasteiger partial charge is 0.335 e. The number of hydrogen-bond acceptors (Lipinski definition) is 1. The van der Waals surface area contributed by atoms with E-state index in [1.165, 1.54) is 31.4 Å². The molecule has 1 aliphatic carbocycles. The Morgan fingerprint density at radius 1 is 1.37 bits per heavy atom. The lowest BCUT2D eigenvalue weighted by Gasteiger charge is -2.26. The number of benzene rings is 1. The first-order valence-electron chi connectivity index (χ1n) is 6.91. The number of carbonyl (C=O) groups is 1. The van der Waals surface area contributed by atoms with Crippen molar-refractivity contribution in [2.75, 3.05) is 7.05 Å². The molecule has 19 heavy (non-hydrogen) atoms. The summed E-state index contributed by atoms with van der Waals surface area (Å²) in [5.74, 6) is -0.265. The number of nitrogens with one attached hydrogen (secondary N) is 1. The molecule has 104 valence electrons. The number of rotatable bonds is 3. The van der Waals surface area contributed by atoms with Gasteiger partial charge in [-0.15, -0.1) is 0 Å². The van der Waals surface area contributed by atoms with E-state index in [2.05, 4.69) is 5.32 Å². The van der Waals surface area contributed by atoms with Crippen LogP contribution in [0, 0.1) is 5.82 Å². The molecule has 3 nitrogen and oxygen atoms in total. The Labute approximate surface area is 113 Å². The molecule has 0 unspecified atom stereocenters. The molecule has 0 atom stereocenters. The molecule has 1 aromatic rings. The molecule has 4 heteroatoms. The van der Waals surface area contributed by atoms with Crippen molar-refractivity contribution < 1.29 is 9.18 Å². The third-order valence-corrected chi connectivity index (χ3v) is 3.59.